The summed E-state index contributed by atoms with van der Waals surface area (Å²) < 4.78 is 0. The third kappa shape index (κ3) is 3.69. The Morgan fingerprint density at radius 1 is 1.40 bits per heavy atom. The molecule has 0 unspecified atom stereocenters. The van der Waals surface area contributed by atoms with Crippen molar-refractivity contribution < 1.29 is 4.79 Å². The number of allylic oxidation sites excluding steroid dienone is 1. The van der Waals surface area contributed by atoms with E-state index in [-0.39, 0.29) is 5.91 Å². The van der Waals surface area contributed by atoms with E-state index in [2.05, 4.69) is 18.7 Å². The van der Waals surface area contributed by atoms with Crippen LogP contribution in [0, 0.1) is 5.92 Å². The highest BCUT2D eigenvalue weighted by molar-refractivity contribution is 5.87. The zero-order chi connectivity index (χ0) is 11.3. The minimum Gasteiger partial charge on any atom is -0.336 e. The van der Waals surface area contributed by atoms with E-state index in [0.717, 1.165) is 6.54 Å². The molecule has 0 aromatic carbocycles. The highest BCUT2D eigenvalue weighted by Gasteiger charge is 2.25. The first-order valence-corrected chi connectivity index (χ1v) is 6.08. The minimum absolute atomic E-state index is 0.193. The number of carbonyl (C=O) groups is 1. The Kier molecular flexibility index (Phi) is 4.86. The molecular weight excluding hydrogens is 186 g/mol. The second-order valence-electron chi connectivity index (χ2n) is 4.82. The largest absolute Gasteiger partial charge is 0.336 e. The monoisotopic (exact) mass is 209 g/mol. The van der Waals surface area contributed by atoms with Crippen LogP contribution in [0.1, 0.15) is 46.5 Å². The van der Waals surface area contributed by atoms with Gasteiger partial charge >= 0.3 is 0 Å². The fraction of sp³-hybridized carbons (Fsp3) is 0.769. The molecule has 2 heteroatoms. The summed E-state index contributed by atoms with van der Waals surface area (Å²) in [7, 11) is 0. The number of hydrogen-bond acceptors (Lipinski definition) is 1. The molecule has 1 amide bonds. The van der Waals surface area contributed by atoms with Gasteiger partial charge in [0.1, 0.15) is 0 Å². The molecule has 0 aromatic rings. The molecule has 0 N–H and O–H groups in total. The van der Waals surface area contributed by atoms with Crippen LogP contribution >= 0.6 is 0 Å². The van der Waals surface area contributed by atoms with Gasteiger partial charge in [0.05, 0.1) is 0 Å². The fourth-order valence-corrected chi connectivity index (χ4v) is 2.27. The summed E-state index contributed by atoms with van der Waals surface area (Å²) in [5.41, 5.74) is 0. The number of amides is 1. The normalized spacial score (nSPS) is 17.9. The lowest BCUT2D eigenvalue weighted by Gasteiger charge is -2.29. The topological polar surface area (TPSA) is 20.3 Å². The average molecular weight is 209 g/mol. The van der Waals surface area contributed by atoms with Crippen LogP contribution < -0.4 is 0 Å². The Bertz CT molecular complexity index is 227. The van der Waals surface area contributed by atoms with Gasteiger partial charge in [0, 0.05) is 12.6 Å². The number of rotatable bonds is 4. The van der Waals surface area contributed by atoms with Crippen molar-refractivity contribution in [3.05, 3.63) is 12.2 Å². The van der Waals surface area contributed by atoms with Crippen LogP contribution in [-0.2, 0) is 4.79 Å². The van der Waals surface area contributed by atoms with Crippen molar-refractivity contribution in [3.63, 3.8) is 0 Å². The summed E-state index contributed by atoms with van der Waals surface area (Å²) in [5.74, 6) is 0.748. The standard InChI is InChI=1S/C13H23NO/c1-4-7-13(15)14(10-11(2)3)12-8-5-6-9-12/h4,7,11-12H,5-6,8-10H2,1-3H3. The van der Waals surface area contributed by atoms with Gasteiger partial charge in [-0.15, -0.1) is 0 Å². The van der Waals surface area contributed by atoms with Gasteiger partial charge in [-0.25, -0.2) is 0 Å². The Balaban J connectivity index is 2.62. The maximum Gasteiger partial charge on any atom is 0.246 e. The molecule has 0 spiro atoms. The molecule has 1 aliphatic carbocycles. The summed E-state index contributed by atoms with van der Waals surface area (Å²) in [6.07, 6.45) is 8.47. The third-order valence-electron chi connectivity index (χ3n) is 2.92. The molecule has 0 atom stereocenters. The summed E-state index contributed by atoms with van der Waals surface area (Å²) in [4.78, 5) is 14.0. The highest BCUT2D eigenvalue weighted by Crippen LogP contribution is 2.24. The lowest BCUT2D eigenvalue weighted by atomic mass is 10.1. The van der Waals surface area contributed by atoms with Crippen LogP contribution in [0.2, 0.25) is 0 Å². The van der Waals surface area contributed by atoms with Gasteiger partial charge in [-0.3, -0.25) is 4.79 Å². The van der Waals surface area contributed by atoms with Crippen LogP contribution in [0.15, 0.2) is 12.2 Å². The molecule has 0 saturated heterocycles. The number of carbonyl (C=O) groups excluding carboxylic acids is 1. The van der Waals surface area contributed by atoms with Crippen molar-refractivity contribution in [1.29, 1.82) is 0 Å². The van der Waals surface area contributed by atoms with Crippen LogP contribution in [0.3, 0.4) is 0 Å². The predicted octanol–water partition coefficient (Wildman–Crippen LogP) is 2.99. The van der Waals surface area contributed by atoms with Gasteiger partial charge < -0.3 is 4.90 Å². The SMILES string of the molecule is CC=CC(=O)N(CC(C)C)C1CCCC1. The summed E-state index contributed by atoms with van der Waals surface area (Å²) in [5, 5.41) is 0. The smallest absolute Gasteiger partial charge is 0.246 e. The molecule has 0 bridgehead atoms. The minimum atomic E-state index is 0.193. The van der Waals surface area contributed by atoms with Gasteiger partial charge in [-0.1, -0.05) is 32.8 Å². The predicted molar refractivity (Wildman–Crippen MR) is 63.6 cm³/mol. The molecule has 1 aliphatic rings. The first-order chi connectivity index (χ1) is 7.15. The molecule has 86 valence electrons. The van der Waals surface area contributed by atoms with Gasteiger partial charge in [0.2, 0.25) is 5.91 Å². The zero-order valence-corrected chi connectivity index (χ0v) is 10.2. The molecule has 0 radical (unpaired) electrons. The van der Waals surface area contributed by atoms with E-state index in [1.54, 1.807) is 6.08 Å². The highest BCUT2D eigenvalue weighted by atomic mass is 16.2. The van der Waals surface area contributed by atoms with Crippen molar-refractivity contribution in [2.75, 3.05) is 6.54 Å². The zero-order valence-electron chi connectivity index (χ0n) is 10.2. The maximum absolute atomic E-state index is 11.9. The van der Waals surface area contributed by atoms with Crippen LogP contribution in [0.4, 0.5) is 0 Å². The van der Waals surface area contributed by atoms with Crippen LogP contribution in [0.25, 0.3) is 0 Å². The number of nitrogens with zero attached hydrogens (tertiary/aromatic N) is 1. The third-order valence-corrected chi connectivity index (χ3v) is 2.92. The van der Waals surface area contributed by atoms with Crippen molar-refractivity contribution in [2.45, 2.75) is 52.5 Å². The Morgan fingerprint density at radius 3 is 2.47 bits per heavy atom. The quantitative estimate of drug-likeness (QED) is 0.652. The van der Waals surface area contributed by atoms with E-state index in [0.29, 0.717) is 12.0 Å². The summed E-state index contributed by atoms with van der Waals surface area (Å²) in [6, 6.07) is 0.496. The van der Waals surface area contributed by atoms with Crippen molar-refractivity contribution in [3.8, 4) is 0 Å². The Hall–Kier alpha value is -0.790. The van der Waals surface area contributed by atoms with E-state index in [9.17, 15) is 4.79 Å². The van der Waals surface area contributed by atoms with Crippen molar-refractivity contribution in [1.82, 2.24) is 4.90 Å². The van der Waals surface area contributed by atoms with E-state index in [1.807, 2.05) is 13.0 Å². The molecule has 1 rings (SSSR count). The lowest BCUT2D eigenvalue weighted by Crippen LogP contribution is -2.40. The van der Waals surface area contributed by atoms with Gasteiger partial charge in [-0.2, -0.15) is 0 Å². The molecule has 0 aliphatic heterocycles. The first-order valence-electron chi connectivity index (χ1n) is 6.08. The van der Waals surface area contributed by atoms with E-state index in [1.165, 1.54) is 25.7 Å². The molecular formula is C13H23NO. The summed E-state index contributed by atoms with van der Waals surface area (Å²) >= 11 is 0. The average Bonchev–Trinajstić information content (AvgIpc) is 2.66. The maximum atomic E-state index is 11.9. The molecule has 1 fully saturated rings. The number of hydrogen-bond donors (Lipinski definition) is 0. The van der Waals surface area contributed by atoms with Gasteiger partial charge in [-0.05, 0) is 31.8 Å². The van der Waals surface area contributed by atoms with E-state index < -0.39 is 0 Å². The second-order valence-corrected chi connectivity index (χ2v) is 4.82. The van der Waals surface area contributed by atoms with Gasteiger partial charge in [0.15, 0.2) is 0 Å². The molecule has 2 nitrogen and oxygen atoms in total. The summed E-state index contributed by atoms with van der Waals surface area (Å²) in [6.45, 7) is 7.14. The fourth-order valence-electron chi connectivity index (χ4n) is 2.27. The Labute approximate surface area is 93.3 Å². The van der Waals surface area contributed by atoms with Crippen LogP contribution in [0.5, 0.6) is 0 Å². The second kappa shape index (κ2) is 5.94. The molecule has 15 heavy (non-hydrogen) atoms. The molecule has 0 aromatic heterocycles. The first kappa shape index (κ1) is 12.3. The van der Waals surface area contributed by atoms with E-state index >= 15 is 0 Å². The van der Waals surface area contributed by atoms with Crippen LogP contribution in [-0.4, -0.2) is 23.4 Å². The molecule has 0 heterocycles. The van der Waals surface area contributed by atoms with Crippen molar-refractivity contribution >= 4 is 5.91 Å². The lowest BCUT2D eigenvalue weighted by molar-refractivity contribution is -0.128. The van der Waals surface area contributed by atoms with E-state index in [4.69, 9.17) is 0 Å². The molecule has 1 saturated carbocycles. The van der Waals surface area contributed by atoms with Gasteiger partial charge in [0.25, 0.3) is 0 Å². The Morgan fingerprint density at radius 2 is 2.00 bits per heavy atom. The van der Waals surface area contributed by atoms with Crippen molar-refractivity contribution in [2.24, 2.45) is 5.92 Å².